The van der Waals surface area contributed by atoms with Crippen LogP contribution in [0.3, 0.4) is 0 Å². The monoisotopic (exact) mass is 291 g/mol. The van der Waals surface area contributed by atoms with Gasteiger partial charge in [0.2, 0.25) is 0 Å². The van der Waals surface area contributed by atoms with Gasteiger partial charge < -0.3 is 0 Å². The fraction of sp³-hybridized carbons (Fsp3) is 0.0714. The number of carbonyl (C=O) groups is 1. The predicted octanol–water partition coefficient (Wildman–Crippen LogP) is 3.23. The van der Waals surface area contributed by atoms with Gasteiger partial charge >= 0.3 is 6.18 Å². The van der Waals surface area contributed by atoms with Crippen molar-refractivity contribution in [2.45, 2.75) is 6.18 Å². The molecule has 2 heterocycles. The summed E-state index contributed by atoms with van der Waals surface area (Å²) < 4.78 is 39.7. The lowest BCUT2D eigenvalue weighted by molar-refractivity contribution is -0.137. The highest BCUT2D eigenvalue weighted by Gasteiger charge is 2.30. The first kappa shape index (κ1) is 13.3. The summed E-state index contributed by atoms with van der Waals surface area (Å²) in [5, 5.41) is 7.77. The number of hydrogen-bond donors (Lipinski definition) is 0. The average molecular weight is 291 g/mol. The van der Waals surface area contributed by atoms with Crippen LogP contribution in [0.4, 0.5) is 13.2 Å². The number of aromatic nitrogens is 3. The highest BCUT2D eigenvalue weighted by atomic mass is 19.4. The summed E-state index contributed by atoms with van der Waals surface area (Å²) in [6, 6.07) is 7.95. The Morgan fingerprint density at radius 3 is 2.62 bits per heavy atom. The van der Waals surface area contributed by atoms with E-state index >= 15 is 0 Å². The normalized spacial score (nSPS) is 11.8. The molecule has 7 heteroatoms. The van der Waals surface area contributed by atoms with E-state index in [2.05, 4.69) is 10.2 Å². The lowest BCUT2D eigenvalue weighted by atomic mass is 10.1. The highest BCUT2D eigenvalue weighted by Crippen LogP contribution is 2.31. The number of benzene rings is 1. The smallest absolute Gasteiger partial charge is 0.298 e. The van der Waals surface area contributed by atoms with Gasteiger partial charge in [0.05, 0.1) is 5.56 Å². The van der Waals surface area contributed by atoms with Gasteiger partial charge in [0, 0.05) is 17.3 Å². The molecule has 1 aromatic carbocycles. The molecule has 3 aromatic rings. The average Bonchev–Trinajstić information content (AvgIpc) is 2.89. The molecule has 0 radical (unpaired) electrons. The molecule has 0 aliphatic rings. The number of rotatable bonds is 2. The molecule has 0 fully saturated rings. The van der Waals surface area contributed by atoms with Crippen molar-refractivity contribution >= 4 is 11.9 Å². The van der Waals surface area contributed by atoms with E-state index in [1.165, 1.54) is 22.7 Å². The third-order valence-electron chi connectivity index (χ3n) is 3.01. The van der Waals surface area contributed by atoms with E-state index in [4.69, 9.17) is 0 Å². The van der Waals surface area contributed by atoms with Crippen LogP contribution in [0, 0.1) is 0 Å². The number of carbonyl (C=O) groups excluding carboxylic acids is 1. The Hall–Kier alpha value is -2.70. The van der Waals surface area contributed by atoms with Crippen molar-refractivity contribution in [3.63, 3.8) is 0 Å². The third-order valence-corrected chi connectivity index (χ3v) is 3.01. The van der Waals surface area contributed by atoms with E-state index in [1.54, 1.807) is 12.1 Å². The molecule has 0 saturated carbocycles. The maximum Gasteiger partial charge on any atom is 0.416 e. The second kappa shape index (κ2) is 4.69. The Balaban J connectivity index is 2.18. The molecule has 0 N–H and O–H groups in total. The maximum atomic E-state index is 12.8. The highest BCUT2D eigenvalue weighted by molar-refractivity contribution is 5.75. The Kier molecular flexibility index (Phi) is 2.97. The van der Waals surface area contributed by atoms with Crippen LogP contribution in [-0.2, 0) is 6.18 Å². The minimum absolute atomic E-state index is 0.250. The minimum Gasteiger partial charge on any atom is -0.298 e. The van der Waals surface area contributed by atoms with E-state index in [9.17, 15) is 18.0 Å². The molecule has 0 bridgehead atoms. The van der Waals surface area contributed by atoms with Crippen LogP contribution in [0.25, 0.3) is 17.0 Å². The van der Waals surface area contributed by atoms with Gasteiger partial charge in [-0.3, -0.25) is 9.20 Å². The molecule has 21 heavy (non-hydrogen) atoms. The van der Waals surface area contributed by atoms with Crippen LogP contribution < -0.4 is 0 Å². The van der Waals surface area contributed by atoms with Gasteiger partial charge in [0.25, 0.3) is 0 Å². The summed E-state index contributed by atoms with van der Waals surface area (Å²) in [7, 11) is 0. The number of fused-ring (bicyclic) bond motifs is 1. The lowest BCUT2D eigenvalue weighted by Crippen LogP contribution is -2.04. The molecule has 2 aromatic heterocycles. The number of hydrogen-bond acceptors (Lipinski definition) is 3. The molecule has 4 nitrogen and oxygen atoms in total. The van der Waals surface area contributed by atoms with Gasteiger partial charge in [-0.15, -0.1) is 10.2 Å². The molecule has 0 aliphatic carbocycles. The summed E-state index contributed by atoms with van der Waals surface area (Å²) >= 11 is 0. The molecule has 0 saturated heterocycles. The first-order valence-corrected chi connectivity index (χ1v) is 5.96. The van der Waals surface area contributed by atoms with Gasteiger partial charge in [-0.25, -0.2) is 0 Å². The maximum absolute atomic E-state index is 12.8. The standard InChI is InChI=1S/C14H8F3N3O/c15-14(16,17)11-3-1-2-10(6-11)13-19-18-12-5-4-9(8-21)7-20(12)13/h1-8H. The zero-order valence-corrected chi connectivity index (χ0v) is 10.5. The fourth-order valence-electron chi connectivity index (χ4n) is 2.01. The topological polar surface area (TPSA) is 47.3 Å². The Morgan fingerprint density at radius 1 is 1.10 bits per heavy atom. The van der Waals surface area contributed by atoms with Crippen molar-refractivity contribution in [3.8, 4) is 11.4 Å². The van der Waals surface area contributed by atoms with Crippen molar-refractivity contribution < 1.29 is 18.0 Å². The molecular weight excluding hydrogens is 283 g/mol. The second-order valence-electron chi connectivity index (χ2n) is 4.41. The van der Waals surface area contributed by atoms with Crippen LogP contribution in [0.15, 0.2) is 42.6 Å². The van der Waals surface area contributed by atoms with Gasteiger partial charge in [-0.1, -0.05) is 12.1 Å². The molecule has 0 spiro atoms. The van der Waals surface area contributed by atoms with Gasteiger partial charge in [0.15, 0.2) is 17.8 Å². The largest absolute Gasteiger partial charge is 0.416 e. The molecule has 0 unspecified atom stereocenters. The van der Waals surface area contributed by atoms with E-state index in [0.717, 1.165) is 12.1 Å². The Bertz CT molecular complexity index is 824. The van der Waals surface area contributed by atoms with Gasteiger partial charge in [-0.2, -0.15) is 13.2 Å². The van der Waals surface area contributed by atoms with Crippen molar-refractivity contribution in [3.05, 3.63) is 53.7 Å². The Labute approximate surface area is 116 Å². The summed E-state index contributed by atoms with van der Waals surface area (Å²) in [4.78, 5) is 10.8. The predicted molar refractivity (Wildman–Crippen MR) is 68.8 cm³/mol. The van der Waals surface area contributed by atoms with Crippen LogP contribution in [0.2, 0.25) is 0 Å². The fourth-order valence-corrected chi connectivity index (χ4v) is 2.01. The van der Waals surface area contributed by atoms with Crippen molar-refractivity contribution in [1.29, 1.82) is 0 Å². The number of pyridine rings is 1. The molecule has 3 rings (SSSR count). The Morgan fingerprint density at radius 2 is 1.90 bits per heavy atom. The molecule has 0 amide bonds. The summed E-state index contributed by atoms with van der Waals surface area (Å²) in [5.74, 6) is 0.250. The summed E-state index contributed by atoms with van der Waals surface area (Å²) in [6.07, 6.45) is -2.29. The van der Waals surface area contributed by atoms with Gasteiger partial charge in [-0.05, 0) is 24.3 Å². The molecule has 0 atom stereocenters. The van der Waals surface area contributed by atoms with Crippen LogP contribution >= 0.6 is 0 Å². The van der Waals surface area contributed by atoms with Crippen molar-refractivity contribution in [2.24, 2.45) is 0 Å². The molecule has 106 valence electrons. The zero-order chi connectivity index (χ0) is 15.0. The van der Waals surface area contributed by atoms with Gasteiger partial charge in [0.1, 0.15) is 0 Å². The van der Waals surface area contributed by atoms with E-state index in [1.807, 2.05) is 0 Å². The summed E-state index contributed by atoms with van der Waals surface area (Å²) in [6.45, 7) is 0. The number of alkyl halides is 3. The zero-order valence-electron chi connectivity index (χ0n) is 10.5. The second-order valence-corrected chi connectivity index (χ2v) is 4.41. The van der Waals surface area contributed by atoms with Crippen molar-refractivity contribution in [2.75, 3.05) is 0 Å². The van der Waals surface area contributed by atoms with Crippen molar-refractivity contribution in [1.82, 2.24) is 14.6 Å². The molecular formula is C14H8F3N3O. The lowest BCUT2D eigenvalue weighted by Gasteiger charge is -2.08. The van der Waals surface area contributed by atoms with E-state index < -0.39 is 11.7 Å². The minimum atomic E-state index is -4.43. The summed E-state index contributed by atoms with van der Waals surface area (Å²) in [5.41, 5.74) is 0.354. The number of aldehydes is 1. The SMILES string of the molecule is O=Cc1ccc2nnc(-c3cccc(C(F)(F)F)c3)n2c1. The first-order valence-electron chi connectivity index (χ1n) is 5.96. The number of halogens is 3. The van der Waals surface area contributed by atoms with E-state index in [0.29, 0.717) is 17.5 Å². The van der Waals surface area contributed by atoms with E-state index in [-0.39, 0.29) is 11.4 Å². The quantitative estimate of drug-likeness (QED) is 0.681. The first-order chi connectivity index (χ1) is 9.99. The number of nitrogens with zero attached hydrogens (tertiary/aromatic N) is 3. The van der Waals surface area contributed by atoms with Crippen LogP contribution in [0.1, 0.15) is 15.9 Å². The van der Waals surface area contributed by atoms with Crippen LogP contribution in [-0.4, -0.2) is 20.9 Å². The molecule has 0 aliphatic heterocycles. The van der Waals surface area contributed by atoms with Crippen LogP contribution in [0.5, 0.6) is 0 Å². The third kappa shape index (κ3) is 2.37.